The highest BCUT2D eigenvalue weighted by Crippen LogP contribution is 2.22. The molecule has 18 heavy (non-hydrogen) atoms. The van der Waals surface area contributed by atoms with Crippen LogP contribution in [0, 0.1) is 27.7 Å². The van der Waals surface area contributed by atoms with Gasteiger partial charge in [0.05, 0.1) is 0 Å². The number of nitrogens with one attached hydrogen (secondary N) is 1. The topological polar surface area (TPSA) is 50.7 Å². The van der Waals surface area contributed by atoms with Crippen molar-refractivity contribution >= 4 is 16.7 Å². The molecule has 0 bridgehead atoms. The van der Waals surface area contributed by atoms with Crippen molar-refractivity contribution in [1.82, 2.24) is 14.8 Å². The van der Waals surface area contributed by atoms with Crippen molar-refractivity contribution in [2.75, 3.05) is 11.9 Å². The standard InChI is InChI=1S/C13H18N4S/c1-8-7-9(2)11(4)12(10(8)3)5-6-14-13-15-16-17-18-13/h7H,5-6H2,1-4H3,(H,14,15,17). The molecule has 0 saturated heterocycles. The summed E-state index contributed by atoms with van der Waals surface area (Å²) in [4.78, 5) is 0. The van der Waals surface area contributed by atoms with Crippen LogP contribution >= 0.6 is 11.5 Å². The Hall–Kier alpha value is -1.49. The summed E-state index contributed by atoms with van der Waals surface area (Å²) in [6.07, 6.45) is 1.000. The molecule has 0 unspecified atom stereocenters. The van der Waals surface area contributed by atoms with Gasteiger partial charge in [0, 0.05) is 18.1 Å². The molecule has 4 nitrogen and oxygen atoms in total. The maximum absolute atomic E-state index is 3.87. The molecule has 0 aliphatic rings. The van der Waals surface area contributed by atoms with E-state index in [0.29, 0.717) is 0 Å². The fourth-order valence-corrected chi connectivity index (χ4v) is 2.56. The third kappa shape index (κ3) is 2.67. The summed E-state index contributed by atoms with van der Waals surface area (Å²) < 4.78 is 3.73. The van der Waals surface area contributed by atoms with Crippen molar-refractivity contribution in [3.8, 4) is 0 Å². The summed E-state index contributed by atoms with van der Waals surface area (Å²) >= 11 is 1.29. The van der Waals surface area contributed by atoms with E-state index < -0.39 is 0 Å². The maximum atomic E-state index is 3.87. The number of aromatic nitrogens is 3. The van der Waals surface area contributed by atoms with E-state index in [-0.39, 0.29) is 0 Å². The average Bonchev–Trinajstić information content (AvgIpc) is 2.84. The largest absolute Gasteiger partial charge is 0.359 e. The predicted octanol–water partition coefficient (Wildman–Crippen LogP) is 2.82. The van der Waals surface area contributed by atoms with E-state index in [0.717, 1.165) is 18.1 Å². The molecule has 1 N–H and O–H groups in total. The van der Waals surface area contributed by atoms with E-state index in [2.05, 4.69) is 53.9 Å². The molecule has 0 atom stereocenters. The lowest BCUT2D eigenvalue weighted by atomic mass is 9.92. The van der Waals surface area contributed by atoms with Gasteiger partial charge >= 0.3 is 0 Å². The summed E-state index contributed by atoms with van der Waals surface area (Å²) in [5.74, 6) is 0. The Morgan fingerprint density at radius 2 is 1.78 bits per heavy atom. The Balaban J connectivity index is 2.09. The van der Waals surface area contributed by atoms with Gasteiger partial charge in [-0.15, -0.1) is 0 Å². The molecule has 0 aliphatic carbocycles. The smallest absolute Gasteiger partial charge is 0.225 e. The van der Waals surface area contributed by atoms with E-state index >= 15 is 0 Å². The molecule has 5 heteroatoms. The molecule has 1 aromatic carbocycles. The van der Waals surface area contributed by atoms with Crippen molar-refractivity contribution in [3.63, 3.8) is 0 Å². The Bertz CT molecular complexity index is 508. The molecular weight excluding hydrogens is 244 g/mol. The van der Waals surface area contributed by atoms with Crippen LogP contribution < -0.4 is 5.32 Å². The van der Waals surface area contributed by atoms with Crippen LogP contribution in [0.5, 0.6) is 0 Å². The molecule has 2 rings (SSSR count). The Morgan fingerprint density at radius 3 is 2.33 bits per heavy atom. The molecule has 0 fully saturated rings. The van der Waals surface area contributed by atoms with Crippen LogP contribution in [-0.2, 0) is 6.42 Å². The zero-order valence-electron chi connectivity index (χ0n) is 11.2. The Labute approximate surface area is 112 Å². The second-order valence-corrected chi connectivity index (χ2v) is 5.32. The monoisotopic (exact) mass is 262 g/mol. The Kier molecular flexibility index (Phi) is 3.91. The summed E-state index contributed by atoms with van der Waals surface area (Å²) in [5, 5.41) is 11.5. The van der Waals surface area contributed by atoms with Crippen LogP contribution in [0.3, 0.4) is 0 Å². The van der Waals surface area contributed by atoms with Crippen LogP contribution in [0.4, 0.5) is 5.13 Å². The molecular formula is C13H18N4S. The zero-order chi connectivity index (χ0) is 13.1. The van der Waals surface area contributed by atoms with Gasteiger partial charge in [-0.2, -0.15) is 0 Å². The van der Waals surface area contributed by atoms with E-state index in [1.807, 2.05) is 0 Å². The van der Waals surface area contributed by atoms with Crippen molar-refractivity contribution in [2.24, 2.45) is 0 Å². The minimum absolute atomic E-state index is 0.787. The number of anilines is 1. The van der Waals surface area contributed by atoms with Gasteiger partial charge in [-0.05, 0) is 67.1 Å². The minimum Gasteiger partial charge on any atom is -0.359 e. The average molecular weight is 262 g/mol. The van der Waals surface area contributed by atoms with Gasteiger partial charge in [0.15, 0.2) is 0 Å². The van der Waals surface area contributed by atoms with Gasteiger partial charge in [0.25, 0.3) is 0 Å². The van der Waals surface area contributed by atoms with Crippen molar-refractivity contribution in [2.45, 2.75) is 34.1 Å². The third-order valence-corrected chi connectivity index (χ3v) is 4.03. The first kappa shape index (κ1) is 13.0. The van der Waals surface area contributed by atoms with Crippen LogP contribution in [0.1, 0.15) is 27.8 Å². The first-order valence-corrected chi connectivity index (χ1v) is 6.82. The molecule has 1 aromatic heterocycles. The first-order valence-electron chi connectivity index (χ1n) is 6.04. The highest BCUT2D eigenvalue weighted by Gasteiger charge is 2.08. The molecule has 96 valence electrons. The van der Waals surface area contributed by atoms with Gasteiger partial charge in [0.2, 0.25) is 5.13 Å². The number of nitrogens with zero attached hydrogens (tertiary/aromatic N) is 3. The summed E-state index contributed by atoms with van der Waals surface area (Å²) in [7, 11) is 0. The summed E-state index contributed by atoms with van der Waals surface area (Å²) in [6.45, 7) is 9.61. The van der Waals surface area contributed by atoms with Gasteiger partial charge in [-0.25, -0.2) is 0 Å². The third-order valence-electron chi connectivity index (χ3n) is 3.47. The Morgan fingerprint density at radius 1 is 1.11 bits per heavy atom. The minimum atomic E-state index is 0.787. The number of benzene rings is 1. The van der Waals surface area contributed by atoms with E-state index in [4.69, 9.17) is 0 Å². The SMILES string of the molecule is Cc1cc(C)c(C)c(CCNc2nnns2)c1C. The lowest BCUT2D eigenvalue weighted by Crippen LogP contribution is -2.08. The van der Waals surface area contributed by atoms with Gasteiger partial charge < -0.3 is 5.32 Å². The van der Waals surface area contributed by atoms with E-state index in [9.17, 15) is 0 Å². The van der Waals surface area contributed by atoms with Gasteiger partial charge in [-0.3, -0.25) is 0 Å². The summed E-state index contributed by atoms with van der Waals surface area (Å²) in [5.41, 5.74) is 6.97. The number of rotatable bonds is 4. The lowest BCUT2D eigenvalue weighted by molar-refractivity contribution is 0.933. The fourth-order valence-electron chi connectivity index (χ4n) is 2.17. The van der Waals surface area contributed by atoms with Crippen LogP contribution in [0.15, 0.2) is 6.07 Å². The molecule has 0 spiro atoms. The zero-order valence-corrected chi connectivity index (χ0v) is 12.1. The highest BCUT2D eigenvalue weighted by molar-refractivity contribution is 7.09. The van der Waals surface area contributed by atoms with Crippen molar-refractivity contribution < 1.29 is 0 Å². The highest BCUT2D eigenvalue weighted by atomic mass is 32.1. The molecule has 1 heterocycles. The molecule has 0 aliphatic heterocycles. The van der Waals surface area contributed by atoms with E-state index in [1.165, 1.54) is 39.3 Å². The second kappa shape index (κ2) is 5.44. The number of hydrogen-bond acceptors (Lipinski definition) is 5. The number of aryl methyl sites for hydroxylation is 2. The van der Waals surface area contributed by atoms with E-state index in [1.54, 1.807) is 0 Å². The van der Waals surface area contributed by atoms with Gasteiger partial charge in [-0.1, -0.05) is 15.7 Å². The summed E-state index contributed by atoms with van der Waals surface area (Å²) in [6, 6.07) is 2.26. The fraction of sp³-hybridized carbons (Fsp3) is 0.462. The molecule has 0 saturated carbocycles. The molecule has 0 radical (unpaired) electrons. The van der Waals surface area contributed by atoms with Crippen LogP contribution in [-0.4, -0.2) is 21.3 Å². The molecule has 0 amide bonds. The predicted molar refractivity (Wildman–Crippen MR) is 75.3 cm³/mol. The first-order chi connectivity index (χ1) is 8.59. The van der Waals surface area contributed by atoms with Crippen molar-refractivity contribution in [1.29, 1.82) is 0 Å². The van der Waals surface area contributed by atoms with Crippen LogP contribution in [0.25, 0.3) is 0 Å². The lowest BCUT2D eigenvalue weighted by Gasteiger charge is -2.15. The molecule has 2 aromatic rings. The van der Waals surface area contributed by atoms with Crippen molar-refractivity contribution in [3.05, 3.63) is 33.9 Å². The normalized spacial score (nSPS) is 10.7. The van der Waals surface area contributed by atoms with Gasteiger partial charge in [0.1, 0.15) is 0 Å². The quantitative estimate of drug-likeness (QED) is 0.920. The maximum Gasteiger partial charge on any atom is 0.225 e. The number of hydrogen-bond donors (Lipinski definition) is 1. The second-order valence-electron chi connectivity index (χ2n) is 4.58. The van der Waals surface area contributed by atoms with Crippen LogP contribution in [0.2, 0.25) is 0 Å².